The molecule has 0 radical (unpaired) electrons. The number of aromatic carboxylic acids is 1. The molecule has 0 bridgehead atoms. The Morgan fingerprint density at radius 3 is 2.57 bits per heavy atom. The summed E-state index contributed by atoms with van der Waals surface area (Å²) in [5.41, 5.74) is 9.29. The number of nitrogens with zero attached hydrogens (tertiary/aromatic N) is 2. The van der Waals surface area contributed by atoms with Gasteiger partial charge >= 0.3 is 5.97 Å². The van der Waals surface area contributed by atoms with Crippen LogP contribution in [0.5, 0.6) is 0 Å². The van der Waals surface area contributed by atoms with Gasteiger partial charge in [0.05, 0.1) is 17.5 Å². The fourth-order valence-corrected chi connectivity index (χ4v) is 2.28. The van der Waals surface area contributed by atoms with Crippen LogP contribution in [0, 0.1) is 6.92 Å². The summed E-state index contributed by atoms with van der Waals surface area (Å²) in [7, 11) is 0. The monoisotopic (exact) mass is 304 g/mol. The molecule has 108 valence electrons. The van der Waals surface area contributed by atoms with E-state index in [1.807, 2.05) is 0 Å². The standard InChI is InChI=1S/C13H12N4O3S/c1-7-10(21-13(14)16-7)11(18)17-15-6-8-2-4-9(5-3-8)12(19)20/h2-6H,1H3,(H2,14,16)(H,17,18)(H,19,20)/b15-6+. The zero-order chi connectivity index (χ0) is 15.4. The zero-order valence-electron chi connectivity index (χ0n) is 11.0. The fourth-order valence-electron chi connectivity index (χ4n) is 1.56. The molecule has 4 N–H and O–H groups in total. The molecule has 2 rings (SSSR count). The van der Waals surface area contributed by atoms with E-state index in [4.69, 9.17) is 10.8 Å². The number of carbonyl (C=O) groups is 2. The number of rotatable bonds is 4. The first-order chi connectivity index (χ1) is 9.97. The molecule has 2 aromatic rings. The lowest BCUT2D eigenvalue weighted by molar-refractivity contribution is 0.0696. The second-order valence-electron chi connectivity index (χ2n) is 4.09. The number of carboxylic acid groups (broad SMARTS) is 1. The number of aromatic nitrogens is 1. The van der Waals surface area contributed by atoms with Crippen molar-refractivity contribution in [3.05, 3.63) is 46.0 Å². The summed E-state index contributed by atoms with van der Waals surface area (Å²) in [6, 6.07) is 6.10. The van der Waals surface area contributed by atoms with E-state index < -0.39 is 5.97 Å². The Bertz CT molecular complexity index is 707. The fraction of sp³-hybridized carbons (Fsp3) is 0.0769. The lowest BCUT2D eigenvalue weighted by Gasteiger charge is -1.98. The Morgan fingerprint density at radius 1 is 1.38 bits per heavy atom. The normalized spacial score (nSPS) is 10.7. The van der Waals surface area contributed by atoms with Gasteiger partial charge in [0, 0.05) is 0 Å². The molecule has 21 heavy (non-hydrogen) atoms. The smallest absolute Gasteiger partial charge is 0.335 e. The molecule has 0 unspecified atom stereocenters. The van der Waals surface area contributed by atoms with Gasteiger partial charge in [-0.1, -0.05) is 23.5 Å². The van der Waals surface area contributed by atoms with Crippen LogP contribution in [0.25, 0.3) is 0 Å². The number of carbonyl (C=O) groups excluding carboxylic acids is 1. The maximum atomic E-state index is 11.8. The molecule has 0 atom stereocenters. The minimum absolute atomic E-state index is 0.187. The van der Waals surface area contributed by atoms with Crippen molar-refractivity contribution in [1.82, 2.24) is 10.4 Å². The van der Waals surface area contributed by atoms with Crippen LogP contribution in [0.15, 0.2) is 29.4 Å². The third-order valence-corrected chi connectivity index (χ3v) is 3.54. The maximum absolute atomic E-state index is 11.8. The van der Waals surface area contributed by atoms with Crippen molar-refractivity contribution in [1.29, 1.82) is 0 Å². The SMILES string of the molecule is Cc1nc(N)sc1C(=O)N/N=C/c1ccc(C(=O)O)cc1. The van der Waals surface area contributed by atoms with Crippen LogP contribution in [0.3, 0.4) is 0 Å². The maximum Gasteiger partial charge on any atom is 0.335 e. The van der Waals surface area contributed by atoms with Crippen molar-refractivity contribution < 1.29 is 14.7 Å². The van der Waals surface area contributed by atoms with Crippen LogP contribution in [0.1, 0.15) is 31.3 Å². The van der Waals surface area contributed by atoms with Crippen LogP contribution < -0.4 is 11.2 Å². The van der Waals surface area contributed by atoms with Crippen LogP contribution in [-0.2, 0) is 0 Å². The molecule has 0 spiro atoms. The van der Waals surface area contributed by atoms with Crippen LogP contribution in [0.2, 0.25) is 0 Å². The molecule has 0 aliphatic rings. The van der Waals surface area contributed by atoms with Crippen LogP contribution in [-0.4, -0.2) is 28.2 Å². The van der Waals surface area contributed by atoms with Crippen molar-refractivity contribution >= 4 is 34.6 Å². The summed E-state index contributed by atoms with van der Waals surface area (Å²) < 4.78 is 0. The average Bonchev–Trinajstić information content (AvgIpc) is 2.78. The van der Waals surface area contributed by atoms with Gasteiger partial charge in [0.2, 0.25) is 0 Å². The number of thiazole rings is 1. The molecule has 0 fully saturated rings. The summed E-state index contributed by atoms with van der Waals surface area (Å²) in [4.78, 5) is 26.9. The predicted octanol–water partition coefficient (Wildman–Crippen LogP) is 1.50. The van der Waals surface area contributed by atoms with Gasteiger partial charge in [-0.05, 0) is 24.6 Å². The molecule has 1 aromatic heterocycles. The van der Waals surface area contributed by atoms with E-state index in [1.54, 1.807) is 19.1 Å². The number of amides is 1. The van der Waals surface area contributed by atoms with E-state index in [0.29, 0.717) is 21.3 Å². The molecule has 0 aliphatic heterocycles. The Morgan fingerprint density at radius 2 is 2.05 bits per heavy atom. The largest absolute Gasteiger partial charge is 0.478 e. The summed E-state index contributed by atoms with van der Waals surface area (Å²) in [5, 5.41) is 12.9. The third-order valence-electron chi connectivity index (χ3n) is 2.56. The highest BCUT2D eigenvalue weighted by molar-refractivity contribution is 7.17. The molecular formula is C13H12N4O3S. The van der Waals surface area contributed by atoms with Gasteiger partial charge in [0.15, 0.2) is 5.13 Å². The Hall–Kier alpha value is -2.74. The Kier molecular flexibility index (Phi) is 4.29. The number of nitrogens with one attached hydrogen (secondary N) is 1. The van der Waals surface area contributed by atoms with E-state index in [2.05, 4.69) is 15.5 Å². The van der Waals surface area contributed by atoms with Gasteiger partial charge in [-0.2, -0.15) is 5.10 Å². The summed E-state index contributed by atoms with van der Waals surface area (Å²) in [5.74, 6) is -1.38. The highest BCUT2D eigenvalue weighted by atomic mass is 32.1. The Balaban J connectivity index is 2.00. The molecule has 0 saturated heterocycles. The predicted molar refractivity (Wildman–Crippen MR) is 79.7 cm³/mol. The van der Waals surface area contributed by atoms with Crippen molar-refractivity contribution in [2.45, 2.75) is 6.92 Å². The van der Waals surface area contributed by atoms with E-state index in [0.717, 1.165) is 11.3 Å². The van der Waals surface area contributed by atoms with Gasteiger partial charge in [-0.25, -0.2) is 15.2 Å². The number of hydrogen-bond acceptors (Lipinski definition) is 6. The lowest BCUT2D eigenvalue weighted by atomic mass is 10.1. The second kappa shape index (κ2) is 6.14. The van der Waals surface area contributed by atoms with Gasteiger partial charge in [0.1, 0.15) is 4.88 Å². The van der Waals surface area contributed by atoms with Crippen molar-refractivity contribution in [3.63, 3.8) is 0 Å². The average molecular weight is 304 g/mol. The van der Waals surface area contributed by atoms with Crippen molar-refractivity contribution in [2.75, 3.05) is 5.73 Å². The van der Waals surface area contributed by atoms with Gasteiger partial charge in [-0.3, -0.25) is 4.79 Å². The topological polar surface area (TPSA) is 118 Å². The number of hydrazone groups is 1. The number of nitrogens with two attached hydrogens (primary N) is 1. The lowest BCUT2D eigenvalue weighted by Crippen LogP contribution is -2.17. The highest BCUT2D eigenvalue weighted by Crippen LogP contribution is 2.19. The number of carboxylic acids is 1. The van der Waals surface area contributed by atoms with Gasteiger partial charge in [0.25, 0.3) is 5.91 Å². The Labute approximate surface area is 124 Å². The molecule has 1 aromatic carbocycles. The second-order valence-corrected chi connectivity index (χ2v) is 5.12. The van der Waals surface area contributed by atoms with Crippen LogP contribution >= 0.6 is 11.3 Å². The first-order valence-electron chi connectivity index (χ1n) is 5.87. The summed E-state index contributed by atoms with van der Waals surface area (Å²) in [6.45, 7) is 1.69. The number of aryl methyl sites for hydroxylation is 1. The first kappa shape index (κ1) is 14.7. The molecule has 8 heteroatoms. The minimum Gasteiger partial charge on any atom is -0.478 e. The van der Waals surface area contributed by atoms with E-state index in [-0.39, 0.29) is 11.5 Å². The van der Waals surface area contributed by atoms with Crippen LogP contribution in [0.4, 0.5) is 5.13 Å². The van der Waals surface area contributed by atoms with Crippen molar-refractivity contribution in [3.8, 4) is 0 Å². The zero-order valence-corrected chi connectivity index (χ0v) is 11.8. The minimum atomic E-state index is -0.995. The summed E-state index contributed by atoms with van der Waals surface area (Å²) in [6.07, 6.45) is 1.42. The summed E-state index contributed by atoms with van der Waals surface area (Å²) >= 11 is 1.09. The van der Waals surface area contributed by atoms with Gasteiger partial charge < -0.3 is 10.8 Å². The molecule has 1 heterocycles. The molecular weight excluding hydrogens is 292 g/mol. The number of benzene rings is 1. The molecule has 7 nitrogen and oxygen atoms in total. The van der Waals surface area contributed by atoms with E-state index in [1.165, 1.54) is 18.3 Å². The first-order valence-corrected chi connectivity index (χ1v) is 6.68. The third kappa shape index (κ3) is 3.63. The number of nitrogen functional groups attached to an aromatic ring is 1. The van der Waals surface area contributed by atoms with E-state index >= 15 is 0 Å². The molecule has 0 saturated carbocycles. The highest BCUT2D eigenvalue weighted by Gasteiger charge is 2.13. The quantitative estimate of drug-likeness (QED) is 0.584. The van der Waals surface area contributed by atoms with E-state index in [9.17, 15) is 9.59 Å². The van der Waals surface area contributed by atoms with Crippen molar-refractivity contribution in [2.24, 2.45) is 5.10 Å². The molecule has 1 amide bonds. The number of hydrogen-bond donors (Lipinski definition) is 3. The van der Waals surface area contributed by atoms with Gasteiger partial charge in [-0.15, -0.1) is 0 Å². The number of anilines is 1. The molecule has 0 aliphatic carbocycles.